The third-order valence-corrected chi connectivity index (χ3v) is 2.31. The van der Waals surface area contributed by atoms with E-state index in [-0.39, 0.29) is 17.5 Å². The summed E-state index contributed by atoms with van der Waals surface area (Å²) < 4.78 is 10.7. The minimum Gasteiger partial charge on any atom is -0.455 e. The maximum atomic E-state index is 11.5. The van der Waals surface area contributed by atoms with Crippen molar-refractivity contribution >= 4 is 11.8 Å². The van der Waals surface area contributed by atoms with Crippen LogP contribution in [0.2, 0.25) is 0 Å². The molecule has 7 heteroatoms. The molecule has 0 bridgehead atoms. The van der Waals surface area contributed by atoms with Crippen LogP contribution in [0, 0.1) is 0 Å². The van der Waals surface area contributed by atoms with Gasteiger partial charge in [0.1, 0.15) is 0 Å². The van der Waals surface area contributed by atoms with Crippen molar-refractivity contribution in [1.82, 2.24) is 9.97 Å². The van der Waals surface area contributed by atoms with E-state index in [1.54, 1.807) is 0 Å². The quantitative estimate of drug-likeness (QED) is 0.645. The van der Waals surface area contributed by atoms with Gasteiger partial charge >= 0.3 is 0 Å². The molecule has 1 aromatic heterocycles. The first-order valence-electron chi connectivity index (χ1n) is 5.10. The average Bonchev–Trinajstić information content (AvgIpc) is 2.25. The number of anilines is 2. The van der Waals surface area contributed by atoms with Crippen LogP contribution < -0.4 is 21.8 Å². The van der Waals surface area contributed by atoms with Gasteiger partial charge in [0.25, 0.3) is 5.56 Å². The normalized spacial score (nSPS) is 20.6. The first-order chi connectivity index (χ1) is 7.66. The van der Waals surface area contributed by atoms with Gasteiger partial charge in [-0.1, -0.05) is 0 Å². The van der Waals surface area contributed by atoms with Crippen LogP contribution in [0.25, 0.3) is 0 Å². The Hall–Kier alpha value is -1.76. The molecule has 0 aliphatic carbocycles. The lowest BCUT2D eigenvalue weighted by molar-refractivity contribution is -0.106. The Kier molecular flexibility index (Phi) is 2.95. The monoisotopic (exact) mass is 226 g/mol. The molecule has 0 saturated carbocycles. The fourth-order valence-electron chi connectivity index (χ4n) is 1.55. The summed E-state index contributed by atoms with van der Waals surface area (Å²) in [4.78, 5) is 17.5. The summed E-state index contributed by atoms with van der Waals surface area (Å²) in [5.41, 5.74) is 10.4. The Morgan fingerprint density at radius 3 is 2.88 bits per heavy atom. The van der Waals surface area contributed by atoms with Crippen molar-refractivity contribution in [2.75, 3.05) is 18.1 Å². The molecule has 7 nitrogen and oxygen atoms in total. The van der Waals surface area contributed by atoms with Crippen molar-refractivity contribution in [3.05, 3.63) is 10.4 Å². The Morgan fingerprint density at radius 2 is 2.25 bits per heavy atom. The third-order valence-electron chi connectivity index (χ3n) is 2.31. The second kappa shape index (κ2) is 4.40. The van der Waals surface area contributed by atoms with Crippen LogP contribution in [-0.2, 0) is 4.74 Å². The molecule has 1 fully saturated rings. The van der Waals surface area contributed by atoms with E-state index in [1.165, 1.54) is 0 Å². The summed E-state index contributed by atoms with van der Waals surface area (Å²) in [7, 11) is 0. The van der Waals surface area contributed by atoms with Crippen LogP contribution in [0.15, 0.2) is 4.79 Å². The van der Waals surface area contributed by atoms with Gasteiger partial charge in [-0.25, -0.2) is 0 Å². The van der Waals surface area contributed by atoms with Crippen molar-refractivity contribution in [3.8, 4) is 5.75 Å². The van der Waals surface area contributed by atoms with E-state index < -0.39 is 11.8 Å². The number of H-pyrrole nitrogens is 1. The molecule has 1 atom stereocenters. The van der Waals surface area contributed by atoms with Gasteiger partial charge < -0.3 is 20.9 Å². The minimum absolute atomic E-state index is 0.0181. The van der Waals surface area contributed by atoms with Gasteiger partial charge in [0.2, 0.25) is 11.7 Å². The summed E-state index contributed by atoms with van der Waals surface area (Å²) >= 11 is 0. The largest absolute Gasteiger partial charge is 0.455 e. The molecule has 1 saturated heterocycles. The van der Waals surface area contributed by atoms with Crippen LogP contribution in [0.1, 0.15) is 19.3 Å². The average molecular weight is 226 g/mol. The van der Waals surface area contributed by atoms with Crippen molar-refractivity contribution in [1.29, 1.82) is 0 Å². The molecule has 1 aliphatic rings. The van der Waals surface area contributed by atoms with Gasteiger partial charge in [0.15, 0.2) is 12.1 Å². The minimum atomic E-state index is -0.487. The summed E-state index contributed by atoms with van der Waals surface area (Å²) in [5, 5.41) is 0. The van der Waals surface area contributed by atoms with E-state index >= 15 is 0 Å². The van der Waals surface area contributed by atoms with Crippen LogP contribution in [0.3, 0.4) is 0 Å². The molecule has 1 unspecified atom stereocenters. The van der Waals surface area contributed by atoms with E-state index in [0.29, 0.717) is 6.61 Å². The van der Waals surface area contributed by atoms with E-state index in [2.05, 4.69) is 9.97 Å². The van der Waals surface area contributed by atoms with Gasteiger partial charge in [0.05, 0.1) is 6.61 Å². The lowest BCUT2D eigenvalue weighted by Gasteiger charge is -2.23. The lowest BCUT2D eigenvalue weighted by atomic mass is 10.2. The summed E-state index contributed by atoms with van der Waals surface area (Å²) in [5.74, 6) is -0.0732. The molecule has 2 rings (SSSR count). The molecule has 0 spiro atoms. The topological polar surface area (TPSA) is 116 Å². The molecule has 2 heterocycles. The number of hydrogen-bond donors (Lipinski definition) is 3. The Bertz CT molecular complexity index is 425. The van der Waals surface area contributed by atoms with Crippen molar-refractivity contribution in [2.45, 2.75) is 25.6 Å². The summed E-state index contributed by atoms with van der Waals surface area (Å²) in [6.07, 6.45) is 2.32. The zero-order valence-corrected chi connectivity index (χ0v) is 8.73. The molecule has 1 aromatic rings. The lowest BCUT2D eigenvalue weighted by Crippen LogP contribution is -2.29. The Labute approximate surface area is 91.8 Å². The van der Waals surface area contributed by atoms with Gasteiger partial charge in [-0.3, -0.25) is 9.78 Å². The Balaban J connectivity index is 2.17. The zero-order chi connectivity index (χ0) is 11.5. The van der Waals surface area contributed by atoms with Gasteiger partial charge in [-0.15, -0.1) is 0 Å². The van der Waals surface area contributed by atoms with Crippen LogP contribution in [0.5, 0.6) is 5.75 Å². The van der Waals surface area contributed by atoms with Gasteiger partial charge in [0, 0.05) is 6.42 Å². The standard InChI is InChI=1S/C9H14N4O3/c10-7-6(8(14)13-9(11)12-7)16-5-3-1-2-4-15-5/h5H,1-4H2,(H5,10,11,12,13,14). The highest BCUT2D eigenvalue weighted by atomic mass is 16.7. The molecule has 88 valence electrons. The fourth-order valence-corrected chi connectivity index (χ4v) is 1.55. The SMILES string of the molecule is Nc1nc(N)c(OC2CCCCO2)c(=O)[nH]1. The van der Waals surface area contributed by atoms with Crippen LogP contribution in [-0.4, -0.2) is 22.9 Å². The van der Waals surface area contributed by atoms with Crippen LogP contribution in [0.4, 0.5) is 11.8 Å². The van der Waals surface area contributed by atoms with Crippen molar-refractivity contribution in [2.24, 2.45) is 0 Å². The Morgan fingerprint density at radius 1 is 1.44 bits per heavy atom. The smallest absolute Gasteiger partial charge is 0.297 e. The number of aromatic amines is 1. The van der Waals surface area contributed by atoms with E-state index in [4.69, 9.17) is 20.9 Å². The summed E-state index contributed by atoms with van der Waals surface area (Å²) in [6, 6.07) is 0. The van der Waals surface area contributed by atoms with E-state index in [1.807, 2.05) is 0 Å². The second-order valence-electron chi connectivity index (χ2n) is 3.58. The molecule has 1 aliphatic heterocycles. The van der Waals surface area contributed by atoms with E-state index in [0.717, 1.165) is 19.3 Å². The van der Waals surface area contributed by atoms with Crippen molar-refractivity contribution < 1.29 is 9.47 Å². The number of ether oxygens (including phenoxy) is 2. The molecule has 0 aromatic carbocycles. The molecule has 5 N–H and O–H groups in total. The maximum Gasteiger partial charge on any atom is 0.297 e. The molecule has 0 amide bonds. The molecular weight excluding hydrogens is 212 g/mol. The fraction of sp³-hybridized carbons (Fsp3) is 0.556. The van der Waals surface area contributed by atoms with E-state index in [9.17, 15) is 4.79 Å². The number of hydrogen-bond acceptors (Lipinski definition) is 6. The number of aromatic nitrogens is 2. The number of nitrogens with one attached hydrogen (secondary N) is 1. The first-order valence-corrected chi connectivity index (χ1v) is 5.10. The van der Waals surface area contributed by atoms with Gasteiger partial charge in [-0.05, 0) is 12.8 Å². The predicted octanol–water partition coefficient (Wildman–Crippen LogP) is -0.160. The highest BCUT2D eigenvalue weighted by Gasteiger charge is 2.19. The second-order valence-corrected chi connectivity index (χ2v) is 3.58. The predicted molar refractivity (Wildman–Crippen MR) is 57.9 cm³/mol. The highest BCUT2D eigenvalue weighted by Crippen LogP contribution is 2.19. The molecular formula is C9H14N4O3. The van der Waals surface area contributed by atoms with Crippen LogP contribution >= 0.6 is 0 Å². The highest BCUT2D eigenvalue weighted by molar-refractivity contribution is 5.46. The molecule has 16 heavy (non-hydrogen) atoms. The third kappa shape index (κ3) is 2.25. The van der Waals surface area contributed by atoms with Gasteiger partial charge in [-0.2, -0.15) is 4.98 Å². The molecule has 0 radical (unpaired) electrons. The first kappa shape index (κ1) is 10.7. The zero-order valence-electron chi connectivity index (χ0n) is 8.73. The van der Waals surface area contributed by atoms with Crippen molar-refractivity contribution in [3.63, 3.8) is 0 Å². The number of nitrogens with zero attached hydrogens (tertiary/aromatic N) is 1. The number of rotatable bonds is 2. The number of nitrogen functional groups attached to an aromatic ring is 2. The summed E-state index contributed by atoms with van der Waals surface area (Å²) in [6.45, 7) is 0.630. The maximum absolute atomic E-state index is 11.5. The number of nitrogens with two attached hydrogens (primary N) is 2.